The number of aliphatic hydroxyl groups excluding tert-OH is 1. The zero-order chi connectivity index (χ0) is 12.9. The number of nitrogens with one attached hydrogen (secondary N) is 1. The first-order valence-corrected chi connectivity index (χ1v) is 7.05. The van der Waals surface area contributed by atoms with Crippen LogP contribution in [0.25, 0.3) is 0 Å². The second kappa shape index (κ2) is 6.72. The van der Waals surface area contributed by atoms with E-state index in [1.165, 1.54) is 25.8 Å². The van der Waals surface area contributed by atoms with Gasteiger partial charge in [0.15, 0.2) is 0 Å². The Morgan fingerprint density at radius 1 is 1.35 bits per heavy atom. The minimum atomic E-state index is -0.170. The van der Waals surface area contributed by atoms with Crippen LogP contribution in [0, 0.1) is 0 Å². The van der Waals surface area contributed by atoms with Gasteiger partial charge in [-0.2, -0.15) is 0 Å². The van der Waals surface area contributed by atoms with Crippen molar-refractivity contribution in [2.75, 3.05) is 19.6 Å². The van der Waals surface area contributed by atoms with Gasteiger partial charge in [0.25, 0.3) is 0 Å². The smallest absolute Gasteiger partial charge is 0.0527 e. The van der Waals surface area contributed by atoms with Crippen LogP contribution in [0.3, 0.4) is 0 Å². The van der Waals surface area contributed by atoms with Gasteiger partial charge in [-0.05, 0) is 53.5 Å². The van der Waals surface area contributed by atoms with Gasteiger partial charge < -0.3 is 10.4 Å². The van der Waals surface area contributed by atoms with E-state index < -0.39 is 0 Å². The summed E-state index contributed by atoms with van der Waals surface area (Å²) in [5.74, 6) is 0. The van der Waals surface area contributed by atoms with Crippen molar-refractivity contribution in [3.8, 4) is 0 Å². The van der Waals surface area contributed by atoms with E-state index in [1.54, 1.807) is 0 Å². The van der Waals surface area contributed by atoms with E-state index in [0.717, 1.165) is 19.5 Å². The van der Waals surface area contributed by atoms with Crippen molar-refractivity contribution < 1.29 is 5.11 Å². The molecule has 1 aliphatic heterocycles. The summed E-state index contributed by atoms with van der Waals surface area (Å²) >= 11 is 0. The van der Waals surface area contributed by atoms with E-state index in [4.69, 9.17) is 0 Å². The number of likely N-dealkylation sites (tertiary alicyclic amines) is 1. The Balaban J connectivity index is 2.32. The van der Waals surface area contributed by atoms with E-state index in [-0.39, 0.29) is 11.6 Å². The second-order valence-electron chi connectivity index (χ2n) is 6.45. The molecule has 2 N–H and O–H groups in total. The first-order chi connectivity index (χ1) is 7.88. The van der Waals surface area contributed by atoms with Crippen molar-refractivity contribution >= 4 is 0 Å². The Kier molecular flexibility index (Phi) is 5.90. The zero-order valence-corrected chi connectivity index (χ0v) is 12.0. The minimum absolute atomic E-state index is 0.170. The van der Waals surface area contributed by atoms with E-state index in [9.17, 15) is 5.11 Å². The summed E-state index contributed by atoms with van der Waals surface area (Å²) in [7, 11) is 0. The van der Waals surface area contributed by atoms with Crippen LogP contribution in [0.1, 0.15) is 53.4 Å². The molecule has 1 heterocycles. The molecule has 0 aromatic rings. The van der Waals surface area contributed by atoms with Crippen LogP contribution in [0.5, 0.6) is 0 Å². The van der Waals surface area contributed by atoms with Crippen LogP contribution in [-0.2, 0) is 0 Å². The van der Waals surface area contributed by atoms with Crippen molar-refractivity contribution in [1.82, 2.24) is 10.2 Å². The number of aliphatic hydroxyl groups is 1. The maximum atomic E-state index is 9.53. The highest BCUT2D eigenvalue weighted by molar-refractivity contribution is 4.80. The van der Waals surface area contributed by atoms with Crippen LogP contribution in [0.2, 0.25) is 0 Å². The Morgan fingerprint density at radius 2 is 2.06 bits per heavy atom. The van der Waals surface area contributed by atoms with Gasteiger partial charge >= 0.3 is 0 Å². The third-order valence-corrected chi connectivity index (χ3v) is 3.42. The molecular weight excluding hydrogens is 212 g/mol. The van der Waals surface area contributed by atoms with Gasteiger partial charge in [-0.3, -0.25) is 4.90 Å². The van der Waals surface area contributed by atoms with Crippen LogP contribution < -0.4 is 5.32 Å². The lowest BCUT2D eigenvalue weighted by atomic mass is 9.97. The lowest BCUT2D eigenvalue weighted by Crippen LogP contribution is -2.47. The normalized spacial score (nSPS) is 24.9. The molecule has 1 rings (SSSR count). The fraction of sp³-hybridized carbons (Fsp3) is 1.00. The summed E-state index contributed by atoms with van der Waals surface area (Å²) in [6.45, 7) is 11.9. The zero-order valence-electron chi connectivity index (χ0n) is 12.0. The molecule has 1 fully saturated rings. The van der Waals surface area contributed by atoms with Crippen molar-refractivity contribution in [3.05, 3.63) is 0 Å². The molecule has 0 aromatic carbocycles. The topological polar surface area (TPSA) is 35.5 Å². The molecule has 3 nitrogen and oxygen atoms in total. The molecule has 0 aliphatic carbocycles. The molecule has 1 aliphatic rings. The number of piperidine rings is 1. The van der Waals surface area contributed by atoms with Crippen molar-refractivity contribution in [2.45, 2.75) is 71.1 Å². The van der Waals surface area contributed by atoms with Gasteiger partial charge in [0.05, 0.1) is 6.10 Å². The molecule has 1 saturated heterocycles. The van der Waals surface area contributed by atoms with Crippen LogP contribution in [-0.4, -0.2) is 47.3 Å². The molecule has 0 saturated carbocycles. The number of nitrogens with zero attached hydrogens (tertiary/aromatic N) is 1. The lowest BCUT2D eigenvalue weighted by Gasteiger charge is -2.37. The number of rotatable bonds is 5. The van der Waals surface area contributed by atoms with Gasteiger partial charge in [-0.25, -0.2) is 0 Å². The van der Waals surface area contributed by atoms with Gasteiger partial charge in [0.1, 0.15) is 0 Å². The largest absolute Gasteiger partial charge is 0.393 e. The summed E-state index contributed by atoms with van der Waals surface area (Å²) in [5, 5.41) is 13.1. The third-order valence-electron chi connectivity index (χ3n) is 3.42. The molecule has 17 heavy (non-hydrogen) atoms. The Labute approximate surface area is 107 Å². The Morgan fingerprint density at radius 3 is 2.65 bits per heavy atom. The average Bonchev–Trinajstić information content (AvgIpc) is 2.18. The molecule has 0 amide bonds. The Hall–Kier alpha value is -0.120. The summed E-state index contributed by atoms with van der Waals surface area (Å²) in [5.41, 5.74) is 0.204. The standard InChI is InChI=1S/C14H30N2O/c1-12(17)11-13-7-5-6-9-16(13)10-8-15-14(2,3)4/h12-13,15,17H,5-11H2,1-4H3. The summed E-state index contributed by atoms with van der Waals surface area (Å²) in [4.78, 5) is 2.55. The second-order valence-corrected chi connectivity index (χ2v) is 6.45. The van der Waals surface area contributed by atoms with Crippen molar-refractivity contribution in [1.29, 1.82) is 0 Å². The molecule has 0 spiro atoms. The summed E-state index contributed by atoms with van der Waals surface area (Å²) < 4.78 is 0. The highest BCUT2D eigenvalue weighted by atomic mass is 16.3. The molecule has 2 atom stereocenters. The molecule has 3 heteroatoms. The monoisotopic (exact) mass is 242 g/mol. The highest BCUT2D eigenvalue weighted by Crippen LogP contribution is 2.20. The van der Waals surface area contributed by atoms with Crippen LogP contribution in [0.4, 0.5) is 0 Å². The van der Waals surface area contributed by atoms with Crippen molar-refractivity contribution in [3.63, 3.8) is 0 Å². The van der Waals surface area contributed by atoms with E-state index in [2.05, 4.69) is 31.0 Å². The van der Waals surface area contributed by atoms with Crippen LogP contribution in [0.15, 0.2) is 0 Å². The van der Waals surface area contributed by atoms with E-state index in [1.807, 2.05) is 6.92 Å². The third kappa shape index (κ3) is 6.39. The van der Waals surface area contributed by atoms with Gasteiger partial charge in [0, 0.05) is 24.7 Å². The average molecular weight is 242 g/mol. The highest BCUT2D eigenvalue weighted by Gasteiger charge is 2.23. The van der Waals surface area contributed by atoms with Gasteiger partial charge in [0.2, 0.25) is 0 Å². The maximum absolute atomic E-state index is 9.53. The molecule has 0 radical (unpaired) electrons. The van der Waals surface area contributed by atoms with Crippen molar-refractivity contribution in [2.24, 2.45) is 0 Å². The van der Waals surface area contributed by atoms with Gasteiger partial charge in [-0.1, -0.05) is 6.42 Å². The molecular formula is C14H30N2O. The number of hydrogen-bond donors (Lipinski definition) is 2. The first kappa shape index (κ1) is 14.9. The first-order valence-electron chi connectivity index (χ1n) is 7.05. The maximum Gasteiger partial charge on any atom is 0.0527 e. The quantitative estimate of drug-likeness (QED) is 0.774. The molecule has 0 bridgehead atoms. The van der Waals surface area contributed by atoms with Gasteiger partial charge in [-0.15, -0.1) is 0 Å². The predicted molar refractivity (Wildman–Crippen MR) is 73.3 cm³/mol. The minimum Gasteiger partial charge on any atom is -0.393 e. The van der Waals surface area contributed by atoms with Crippen LogP contribution >= 0.6 is 0 Å². The number of hydrogen-bond acceptors (Lipinski definition) is 3. The predicted octanol–water partition coefficient (Wildman–Crippen LogP) is 2.00. The molecule has 0 aromatic heterocycles. The summed E-state index contributed by atoms with van der Waals surface area (Å²) in [6.07, 6.45) is 4.64. The fourth-order valence-corrected chi connectivity index (χ4v) is 2.59. The Bertz CT molecular complexity index is 211. The SMILES string of the molecule is CC(O)CC1CCCCN1CCNC(C)(C)C. The van der Waals surface area contributed by atoms with E-state index in [0.29, 0.717) is 6.04 Å². The van der Waals surface area contributed by atoms with E-state index >= 15 is 0 Å². The molecule has 2 unspecified atom stereocenters. The fourth-order valence-electron chi connectivity index (χ4n) is 2.59. The summed E-state index contributed by atoms with van der Waals surface area (Å²) in [6, 6.07) is 0.588. The molecule has 102 valence electrons. The lowest BCUT2D eigenvalue weighted by molar-refractivity contribution is 0.0862.